The Bertz CT molecular complexity index is 368. The quantitative estimate of drug-likeness (QED) is 0.845. The van der Waals surface area contributed by atoms with E-state index >= 15 is 0 Å². The Balaban J connectivity index is 2.03. The van der Waals surface area contributed by atoms with Gasteiger partial charge in [0.15, 0.2) is 0 Å². The second kappa shape index (κ2) is 5.97. The molecule has 1 fully saturated rings. The largest absolute Gasteiger partial charge is 0.467 e. The van der Waals surface area contributed by atoms with Crippen LogP contribution in [0.25, 0.3) is 0 Å². The zero-order chi connectivity index (χ0) is 12.1. The van der Waals surface area contributed by atoms with Crippen LogP contribution in [0, 0.1) is 0 Å². The van der Waals surface area contributed by atoms with Crippen molar-refractivity contribution >= 4 is 17.5 Å². The van der Waals surface area contributed by atoms with Gasteiger partial charge >= 0.3 is 6.01 Å². The van der Waals surface area contributed by atoms with Gasteiger partial charge in [-0.1, -0.05) is 0 Å². The number of nitrogens with zero attached hydrogens (tertiary/aromatic N) is 3. The van der Waals surface area contributed by atoms with E-state index in [4.69, 9.17) is 16.3 Å². The van der Waals surface area contributed by atoms with Crippen molar-refractivity contribution in [1.29, 1.82) is 0 Å². The summed E-state index contributed by atoms with van der Waals surface area (Å²) < 4.78 is 4.95. The van der Waals surface area contributed by atoms with Crippen LogP contribution in [0.1, 0.15) is 19.3 Å². The minimum atomic E-state index is 0.145. The lowest BCUT2D eigenvalue weighted by Crippen LogP contribution is -2.23. The molecule has 1 aliphatic rings. The molecule has 2 rings (SSSR count). The Labute approximate surface area is 105 Å². The van der Waals surface area contributed by atoms with E-state index in [-0.39, 0.29) is 11.3 Å². The molecule has 0 bridgehead atoms. The van der Waals surface area contributed by atoms with Crippen LogP contribution in [0.3, 0.4) is 0 Å². The maximum Gasteiger partial charge on any atom is 0.322 e. The number of ether oxygens (including phenoxy) is 1. The van der Waals surface area contributed by atoms with Gasteiger partial charge in [0, 0.05) is 6.04 Å². The summed E-state index contributed by atoms with van der Waals surface area (Å²) in [5.41, 5.74) is 0. The van der Waals surface area contributed by atoms with Gasteiger partial charge in [-0.15, -0.1) is 0 Å². The molecule has 1 atom stereocenters. The maximum absolute atomic E-state index is 5.78. The molecule has 6 nitrogen and oxygen atoms in total. The van der Waals surface area contributed by atoms with Gasteiger partial charge in [0.25, 0.3) is 0 Å². The van der Waals surface area contributed by atoms with Gasteiger partial charge in [0.1, 0.15) is 0 Å². The van der Waals surface area contributed by atoms with E-state index in [0.29, 0.717) is 12.0 Å². The molecule has 1 aliphatic heterocycles. The molecule has 0 amide bonds. The summed E-state index contributed by atoms with van der Waals surface area (Å²) in [4.78, 5) is 12.0. The molecule has 1 saturated heterocycles. The Morgan fingerprint density at radius 3 is 3.00 bits per heavy atom. The molecule has 1 aromatic heterocycles. The number of aromatic nitrogens is 3. The van der Waals surface area contributed by atoms with Crippen molar-refractivity contribution in [2.75, 3.05) is 25.5 Å². The first-order chi connectivity index (χ1) is 8.28. The molecule has 0 aliphatic carbocycles. The van der Waals surface area contributed by atoms with Crippen molar-refractivity contribution < 1.29 is 4.74 Å². The SMILES string of the molecule is COc1nc(Cl)nc(NC2CCCNCC2)n1. The molecule has 0 spiro atoms. The van der Waals surface area contributed by atoms with Crippen molar-refractivity contribution in [3.8, 4) is 6.01 Å². The molecule has 0 saturated carbocycles. The summed E-state index contributed by atoms with van der Waals surface area (Å²) >= 11 is 5.78. The Morgan fingerprint density at radius 1 is 1.29 bits per heavy atom. The van der Waals surface area contributed by atoms with Crippen LogP contribution in [-0.4, -0.2) is 41.2 Å². The third-order valence-electron chi connectivity index (χ3n) is 2.68. The standard InChI is InChI=1S/C10H16ClN5O/c1-17-10-15-8(11)14-9(16-10)13-7-3-2-5-12-6-4-7/h7,12H,2-6H2,1H3,(H,13,14,15,16). The van der Waals surface area contributed by atoms with Gasteiger partial charge in [-0.05, 0) is 44.0 Å². The van der Waals surface area contributed by atoms with Gasteiger partial charge in [0.2, 0.25) is 11.2 Å². The van der Waals surface area contributed by atoms with Crippen molar-refractivity contribution in [2.24, 2.45) is 0 Å². The molecule has 2 N–H and O–H groups in total. The van der Waals surface area contributed by atoms with E-state index in [1.165, 1.54) is 7.11 Å². The van der Waals surface area contributed by atoms with E-state index in [9.17, 15) is 0 Å². The van der Waals surface area contributed by atoms with Crippen LogP contribution in [0.15, 0.2) is 0 Å². The van der Waals surface area contributed by atoms with E-state index in [1.54, 1.807) is 0 Å². The molecular weight excluding hydrogens is 242 g/mol. The van der Waals surface area contributed by atoms with E-state index in [0.717, 1.165) is 32.4 Å². The lowest BCUT2D eigenvalue weighted by atomic mass is 10.1. The summed E-state index contributed by atoms with van der Waals surface area (Å²) in [5, 5.41) is 6.77. The molecule has 7 heteroatoms. The topological polar surface area (TPSA) is 72.0 Å². The van der Waals surface area contributed by atoms with E-state index in [1.807, 2.05) is 0 Å². The van der Waals surface area contributed by atoms with Crippen molar-refractivity contribution in [3.63, 3.8) is 0 Å². The van der Waals surface area contributed by atoms with Crippen LogP contribution in [-0.2, 0) is 0 Å². The second-order valence-electron chi connectivity index (χ2n) is 3.94. The number of hydrogen-bond acceptors (Lipinski definition) is 6. The average molecular weight is 258 g/mol. The first-order valence-electron chi connectivity index (χ1n) is 5.71. The third kappa shape index (κ3) is 3.67. The Kier molecular flexibility index (Phi) is 4.33. The van der Waals surface area contributed by atoms with Crippen molar-refractivity contribution in [1.82, 2.24) is 20.3 Å². The summed E-state index contributed by atoms with van der Waals surface area (Å²) in [5.74, 6) is 0.480. The average Bonchev–Trinajstić information content (AvgIpc) is 2.57. The smallest absolute Gasteiger partial charge is 0.322 e. The number of hydrogen-bond donors (Lipinski definition) is 2. The zero-order valence-electron chi connectivity index (χ0n) is 9.74. The molecule has 1 aromatic rings. The summed E-state index contributed by atoms with van der Waals surface area (Å²) in [6.07, 6.45) is 3.29. The Hall–Kier alpha value is -1.14. The minimum absolute atomic E-state index is 0.145. The summed E-state index contributed by atoms with van der Waals surface area (Å²) in [6, 6.07) is 0.604. The lowest BCUT2D eigenvalue weighted by molar-refractivity contribution is 0.378. The predicted octanol–water partition coefficient (Wildman–Crippen LogP) is 1.09. The first-order valence-corrected chi connectivity index (χ1v) is 6.08. The normalized spacial score (nSPS) is 20.7. The van der Waals surface area contributed by atoms with Gasteiger partial charge in [-0.2, -0.15) is 15.0 Å². The molecule has 0 radical (unpaired) electrons. The van der Waals surface area contributed by atoms with E-state index < -0.39 is 0 Å². The number of rotatable bonds is 3. The number of anilines is 1. The summed E-state index contributed by atoms with van der Waals surface area (Å²) in [7, 11) is 1.50. The maximum atomic E-state index is 5.78. The van der Waals surface area contributed by atoms with Crippen LogP contribution >= 0.6 is 11.6 Å². The Morgan fingerprint density at radius 2 is 2.18 bits per heavy atom. The molecule has 1 unspecified atom stereocenters. The van der Waals surface area contributed by atoms with Crippen LogP contribution in [0.2, 0.25) is 5.28 Å². The van der Waals surface area contributed by atoms with Crippen LogP contribution < -0.4 is 15.4 Å². The lowest BCUT2D eigenvalue weighted by Gasteiger charge is -2.15. The molecule has 2 heterocycles. The number of halogens is 1. The highest BCUT2D eigenvalue weighted by Gasteiger charge is 2.14. The molecule has 0 aromatic carbocycles. The van der Waals surface area contributed by atoms with Crippen LogP contribution in [0.4, 0.5) is 5.95 Å². The molecule has 94 valence electrons. The van der Waals surface area contributed by atoms with Gasteiger partial charge in [-0.3, -0.25) is 0 Å². The molecule has 17 heavy (non-hydrogen) atoms. The third-order valence-corrected chi connectivity index (χ3v) is 2.85. The minimum Gasteiger partial charge on any atom is -0.467 e. The van der Waals surface area contributed by atoms with Gasteiger partial charge < -0.3 is 15.4 Å². The van der Waals surface area contributed by atoms with Crippen molar-refractivity contribution in [3.05, 3.63) is 5.28 Å². The fourth-order valence-corrected chi connectivity index (χ4v) is 1.99. The van der Waals surface area contributed by atoms with Gasteiger partial charge in [-0.25, -0.2) is 0 Å². The predicted molar refractivity (Wildman–Crippen MR) is 65.5 cm³/mol. The fraction of sp³-hybridized carbons (Fsp3) is 0.700. The summed E-state index contributed by atoms with van der Waals surface area (Å²) in [6.45, 7) is 2.08. The zero-order valence-corrected chi connectivity index (χ0v) is 10.5. The second-order valence-corrected chi connectivity index (χ2v) is 4.27. The highest BCUT2D eigenvalue weighted by Crippen LogP contribution is 2.14. The van der Waals surface area contributed by atoms with Crippen LogP contribution in [0.5, 0.6) is 6.01 Å². The number of methoxy groups -OCH3 is 1. The number of nitrogens with one attached hydrogen (secondary N) is 2. The first kappa shape index (κ1) is 12.3. The van der Waals surface area contributed by atoms with E-state index in [2.05, 4.69) is 25.6 Å². The van der Waals surface area contributed by atoms with Crippen molar-refractivity contribution in [2.45, 2.75) is 25.3 Å². The highest BCUT2D eigenvalue weighted by molar-refractivity contribution is 6.28. The molecular formula is C10H16ClN5O. The fourth-order valence-electron chi connectivity index (χ4n) is 1.83. The van der Waals surface area contributed by atoms with Gasteiger partial charge in [0.05, 0.1) is 7.11 Å². The highest BCUT2D eigenvalue weighted by atomic mass is 35.5. The monoisotopic (exact) mass is 257 g/mol.